The molecule has 110 valence electrons. The Morgan fingerprint density at radius 3 is 2.60 bits per heavy atom. The number of halogens is 1. The average molecular weight is 296 g/mol. The zero-order valence-corrected chi connectivity index (χ0v) is 12.4. The molecule has 20 heavy (non-hydrogen) atoms. The van der Waals surface area contributed by atoms with Gasteiger partial charge in [0.2, 0.25) is 0 Å². The van der Waals surface area contributed by atoms with Crippen LogP contribution in [0, 0.1) is 11.8 Å². The van der Waals surface area contributed by atoms with E-state index in [0.717, 1.165) is 12.2 Å². The molecule has 3 nitrogen and oxygen atoms in total. The summed E-state index contributed by atoms with van der Waals surface area (Å²) in [6.45, 7) is 0.788. The Bertz CT molecular complexity index is 410. The van der Waals surface area contributed by atoms with Gasteiger partial charge in [0, 0.05) is 12.4 Å². The molecule has 0 spiro atoms. The highest BCUT2D eigenvalue weighted by molar-refractivity contribution is 6.18. The Morgan fingerprint density at radius 2 is 1.90 bits per heavy atom. The van der Waals surface area contributed by atoms with E-state index < -0.39 is 0 Å². The molecule has 1 amide bonds. The second-order valence-electron chi connectivity index (χ2n) is 5.36. The van der Waals surface area contributed by atoms with Gasteiger partial charge >= 0.3 is 0 Å². The Kier molecular flexibility index (Phi) is 6.19. The summed E-state index contributed by atoms with van der Waals surface area (Å²) in [5.74, 6) is 2.41. The Morgan fingerprint density at radius 1 is 1.20 bits per heavy atom. The minimum absolute atomic E-state index is 0.0623. The number of hydrogen-bond acceptors (Lipinski definition) is 2. The zero-order chi connectivity index (χ0) is 14.2. The maximum absolute atomic E-state index is 11.8. The summed E-state index contributed by atoms with van der Waals surface area (Å²) in [4.78, 5) is 11.8. The molecule has 0 aliphatic heterocycles. The second-order valence-corrected chi connectivity index (χ2v) is 5.67. The molecular formula is C16H22ClNO2. The van der Waals surface area contributed by atoms with Crippen molar-refractivity contribution in [1.82, 2.24) is 5.32 Å². The van der Waals surface area contributed by atoms with Gasteiger partial charge in [0.1, 0.15) is 5.75 Å². The number of benzene rings is 1. The first kappa shape index (κ1) is 15.2. The van der Waals surface area contributed by atoms with E-state index in [-0.39, 0.29) is 12.5 Å². The molecule has 2 unspecified atom stereocenters. The van der Waals surface area contributed by atoms with Crippen molar-refractivity contribution in [2.45, 2.75) is 25.7 Å². The van der Waals surface area contributed by atoms with Crippen LogP contribution >= 0.6 is 11.6 Å². The third-order valence-corrected chi connectivity index (χ3v) is 4.34. The molecule has 1 saturated carbocycles. The van der Waals surface area contributed by atoms with Crippen LogP contribution in [-0.4, -0.2) is 24.9 Å². The fraction of sp³-hybridized carbons (Fsp3) is 0.562. The van der Waals surface area contributed by atoms with Gasteiger partial charge in [-0.05, 0) is 36.8 Å². The fourth-order valence-corrected chi connectivity index (χ4v) is 3.12. The third-order valence-electron chi connectivity index (χ3n) is 3.94. The Labute approximate surface area is 125 Å². The second kappa shape index (κ2) is 8.15. The van der Waals surface area contributed by atoms with Gasteiger partial charge in [-0.2, -0.15) is 0 Å². The van der Waals surface area contributed by atoms with E-state index in [2.05, 4.69) is 5.32 Å². The van der Waals surface area contributed by atoms with E-state index in [4.69, 9.17) is 16.3 Å². The minimum atomic E-state index is -0.0623. The van der Waals surface area contributed by atoms with Crippen LogP contribution in [0.2, 0.25) is 0 Å². The van der Waals surface area contributed by atoms with Gasteiger partial charge in [0.05, 0.1) is 0 Å². The van der Waals surface area contributed by atoms with Crippen molar-refractivity contribution in [1.29, 1.82) is 0 Å². The van der Waals surface area contributed by atoms with E-state index in [1.165, 1.54) is 19.3 Å². The molecule has 0 aromatic heterocycles. The monoisotopic (exact) mass is 295 g/mol. The number of rotatable bonds is 6. The van der Waals surface area contributed by atoms with Crippen molar-refractivity contribution in [3.8, 4) is 5.75 Å². The fourth-order valence-electron chi connectivity index (χ4n) is 2.72. The number of carbonyl (C=O) groups excluding carboxylic acids is 1. The van der Waals surface area contributed by atoms with Crippen LogP contribution in [0.5, 0.6) is 5.75 Å². The summed E-state index contributed by atoms with van der Waals surface area (Å²) in [7, 11) is 0. The zero-order valence-electron chi connectivity index (χ0n) is 11.7. The predicted molar refractivity (Wildman–Crippen MR) is 81.1 cm³/mol. The molecular weight excluding hydrogens is 274 g/mol. The number of amides is 1. The van der Waals surface area contributed by atoms with Crippen LogP contribution < -0.4 is 10.1 Å². The molecule has 1 N–H and O–H groups in total. The topological polar surface area (TPSA) is 38.3 Å². The first-order valence-electron chi connectivity index (χ1n) is 7.30. The molecule has 0 bridgehead atoms. The molecule has 0 heterocycles. The lowest BCUT2D eigenvalue weighted by molar-refractivity contribution is -0.123. The van der Waals surface area contributed by atoms with Crippen molar-refractivity contribution in [3.05, 3.63) is 30.3 Å². The normalized spacial score (nSPS) is 22.2. The molecule has 2 atom stereocenters. The highest BCUT2D eigenvalue weighted by Crippen LogP contribution is 2.30. The van der Waals surface area contributed by atoms with Crippen LogP contribution in [0.3, 0.4) is 0 Å². The van der Waals surface area contributed by atoms with Crippen LogP contribution in [0.25, 0.3) is 0 Å². The lowest BCUT2D eigenvalue weighted by atomic mass is 9.80. The van der Waals surface area contributed by atoms with Gasteiger partial charge in [-0.3, -0.25) is 4.79 Å². The summed E-state index contributed by atoms with van der Waals surface area (Å²) >= 11 is 5.99. The van der Waals surface area contributed by atoms with Crippen LogP contribution in [0.1, 0.15) is 25.7 Å². The van der Waals surface area contributed by atoms with Gasteiger partial charge in [0.15, 0.2) is 6.61 Å². The summed E-state index contributed by atoms with van der Waals surface area (Å²) in [5, 5.41) is 2.96. The quantitative estimate of drug-likeness (QED) is 0.818. The van der Waals surface area contributed by atoms with Crippen molar-refractivity contribution >= 4 is 17.5 Å². The Hall–Kier alpha value is -1.22. The number of alkyl halides is 1. The minimum Gasteiger partial charge on any atom is -0.484 e. The summed E-state index contributed by atoms with van der Waals surface area (Å²) in [5.41, 5.74) is 0. The molecule has 1 aromatic carbocycles. The molecule has 1 aliphatic rings. The molecule has 2 rings (SSSR count). The third kappa shape index (κ3) is 4.71. The van der Waals surface area contributed by atoms with Gasteiger partial charge in [-0.25, -0.2) is 0 Å². The molecule has 0 radical (unpaired) electrons. The standard InChI is InChI=1S/C16H22ClNO2/c17-10-13-6-4-5-7-14(13)11-18-16(19)12-20-15-8-2-1-3-9-15/h1-3,8-9,13-14H,4-7,10-12H2,(H,18,19). The number of para-hydroxylation sites is 1. The van der Waals surface area contributed by atoms with Crippen molar-refractivity contribution in [3.63, 3.8) is 0 Å². The van der Waals surface area contributed by atoms with E-state index in [1.54, 1.807) is 0 Å². The first-order valence-corrected chi connectivity index (χ1v) is 7.83. The lowest BCUT2D eigenvalue weighted by Gasteiger charge is -2.30. The van der Waals surface area contributed by atoms with Gasteiger partial charge in [0.25, 0.3) is 5.91 Å². The number of hydrogen-bond donors (Lipinski definition) is 1. The van der Waals surface area contributed by atoms with Crippen molar-refractivity contribution in [2.24, 2.45) is 11.8 Å². The summed E-state index contributed by atoms with van der Waals surface area (Å²) in [6.07, 6.45) is 4.86. The average Bonchev–Trinajstić information content (AvgIpc) is 2.52. The van der Waals surface area contributed by atoms with E-state index in [0.29, 0.717) is 24.3 Å². The maximum Gasteiger partial charge on any atom is 0.257 e. The summed E-state index contributed by atoms with van der Waals surface area (Å²) in [6, 6.07) is 9.39. The number of carbonyl (C=O) groups is 1. The van der Waals surface area contributed by atoms with Crippen LogP contribution in [0.15, 0.2) is 30.3 Å². The maximum atomic E-state index is 11.8. The first-order chi connectivity index (χ1) is 9.79. The van der Waals surface area contributed by atoms with Gasteiger partial charge in [-0.1, -0.05) is 31.0 Å². The van der Waals surface area contributed by atoms with E-state index in [9.17, 15) is 4.79 Å². The molecule has 0 saturated heterocycles. The number of nitrogens with one attached hydrogen (secondary N) is 1. The van der Waals surface area contributed by atoms with Crippen molar-refractivity contribution < 1.29 is 9.53 Å². The largest absolute Gasteiger partial charge is 0.484 e. The van der Waals surface area contributed by atoms with Gasteiger partial charge in [-0.15, -0.1) is 11.6 Å². The molecule has 4 heteroatoms. The van der Waals surface area contributed by atoms with E-state index in [1.807, 2.05) is 30.3 Å². The van der Waals surface area contributed by atoms with Crippen LogP contribution in [0.4, 0.5) is 0 Å². The number of ether oxygens (including phenoxy) is 1. The highest BCUT2D eigenvalue weighted by atomic mass is 35.5. The van der Waals surface area contributed by atoms with Gasteiger partial charge < -0.3 is 10.1 Å². The SMILES string of the molecule is O=C(COc1ccccc1)NCC1CCCCC1CCl. The van der Waals surface area contributed by atoms with Crippen molar-refractivity contribution in [2.75, 3.05) is 19.0 Å². The van der Waals surface area contributed by atoms with Crippen LogP contribution in [-0.2, 0) is 4.79 Å². The molecule has 1 aromatic rings. The Balaban J connectivity index is 1.69. The van der Waals surface area contributed by atoms with E-state index >= 15 is 0 Å². The highest BCUT2D eigenvalue weighted by Gasteiger charge is 2.24. The molecule has 1 aliphatic carbocycles. The smallest absolute Gasteiger partial charge is 0.257 e. The summed E-state index contributed by atoms with van der Waals surface area (Å²) < 4.78 is 5.42. The predicted octanol–water partition coefficient (Wildman–Crippen LogP) is 3.23. The lowest BCUT2D eigenvalue weighted by Crippen LogP contribution is -2.37. The molecule has 1 fully saturated rings.